The molecule has 1 atom stereocenters. The van der Waals surface area contributed by atoms with Gasteiger partial charge in [-0.15, -0.1) is 10.2 Å². The molecule has 0 radical (unpaired) electrons. The molecular weight excluding hydrogens is 402 g/mol. The molecule has 1 unspecified atom stereocenters. The van der Waals surface area contributed by atoms with Gasteiger partial charge in [0.2, 0.25) is 0 Å². The van der Waals surface area contributed by atoms with Crippen LogP contribution >= 0.6 is 11.8 Å². The Morgan fingerprint density at radius 3 is 2.13 bits per heavy atom. The third-order valence-electron chi connectivity index (χ3n) is 5.49. The molecule has 0 bridgehead atoms. The van der Waals surface area contributed by atoms with E-state index < -0.39 is 0 Å². The SMILES string of the molecule is O=C(c1ccccc1)C(Sc1nnc(C2CC2)n1Cc1ccccc1)c1ccccc1. The van der Waals surface area contributed by atoms with Crippen molar-refractivity contribution in [1.29, 1.82) is 0 Å². The van der Waals surface area contributed by atoms with E-state index in [-0.39, 0.29) is 11.0 Å². The van der Waals surface area contributed by atoms with Crippen LogP contribution in [0.3, 0.4) is 0 Å². The largest absolute Gasteiger partial charge is 0.301 e. The highest BCUT2D eigenvalue weighted by molar-refractivity contribution is 8.00. The van der Waals surface area contributed by atoms with Gasteiger partial charge in [-0.25, -0.2) is 0 Å². The molecule has 0 spiro atoms. The summed E-state index contributed by atoms with van der Waals surface area (Å²) in [6.45, 7) is 0.711. The van der Waals surface area contributed by atoms with Gasteiger partial charge >= 0.3 is 0 Å². The number of hydrogen-bond acceptors (Lipinski definition) is 4. The average Bonchev–Trinajstić information content (AvgIpc) is 3.61. The fourth-order valence-electron chi connectivity index (χ4n) is 3.71. The zero-order valence-electron chi connectivity index (χ0n) is 17.1. The van der Waals surface area contributed by atoms with Crippen LogP contribution in [0.4, 0.5) is 0 Å². The van der Waals surface area contributed by atoms with Crippen LogP contribution in [0.1, 0.15) is 51.3 Å². The quantitative estimate of drug-likeness (QED) is 0.260. The Kier molecular flexibility index (Phi) is 5.67. The molecule has 0 amide bonds. The highest BCUT2D eigenvalue weighted by Gasteiger charge is 2.32. The van der Waals surface area contributed by atoms with E-state index in [1.807, 2.05) is 66.7 Å². The lowest BCUT2D eigenvalue weighted by atomic mass is 10.0. The van der Waals surface area contributed by atoms with E-state index in [9.17, 15) is 4.79 Å². The monoisotopic (exact) mass is 425 g/mol. The minimum absolute atomic E-state index is 0.0824. The second-order valence-corrected chi connectivity index (χ2v) is 8.90. The number of thioether (sulfide) groups is 1. The Hall–Kier alpha value is -3.18. The number of carbonyl (C=O) groups excluding carboxylic acids is 1. The summed E-state index contributed by atoms with van der Waals surface area (Å²) in [7, 11) is 0. The number of Topliss-reactive ketones (excluding diaryl/α,β-unsaturated/α-hetero) is 1. The van der Waals surface area contributed by atoms with Crippen molar-refractivity contribution in [3.63, 3.8) is 0 Å². The normalized spacial score (nSPS) is 14.3. The first kappa shape index (κ1) is 19.8. The van der Waals surface area contributed by atoms with Crippen LogP contribution in [0.15, 0.2) is 96.2 Å². The molecule has 5 rings (SSSR count). The maximum atomic E-state index is 13.5. The predicted octanol–water partition coefficient (Wildman–Crippen LogP) is 5.92. The molecule has 0 aliphatic heterocycles. The van der Waals surface area contributed by atoms with Crippen LogP contribution in [0, 0.1) is 0 Å². The van der Waals surface area contributed by atoms with Crippen LogP contribution in [-0.2, 0) is 6.54 Å². The average molecular weight is 426 g/mol. The molecule has 1 fully saturated rings. The van der Waals surface area contributed by atoms with Crippen molar-refractivity contribution in [3.05, 3.63) is 114 Å². The molecule has 4 aromatic rings. The Bertz CT molecular complexity index is 1160. The van der Waals surface area contributed by atoms with Gasteiger partial charge in [-0.05, 0) is 24.0 Å². The zero-order valence-corrected chi connectivity index (χ0v) is 17.9. The molecule has 154 valence electrons. The van der Waals surface area contributed by atoms with Crippen LogP contribution < -0.4 is 0 Å². The summed E-state index contributed by atoms with van der Waals surface area (Å²) >= 11 is 1.50. The van der Waals surface area contributed by atoms with Gasteiger partial charge in [-0.2, -0.15) is 0 Å². The van der Waals surface area contributed by atoms with Crippen molar-refractivity contribution >= 4 is 17.5 Å². The Balaban J connectivity index is 1.51. The molecule has 4 nitrogen and oxygen atoms in total. The molecule has 31 heavy (non-hydrogen) atoms. The second kappa shape index (κ2) is 8.90. The van der Waals surface area contributed by atoms with Crippen LogP contribution in [-0.4, -0.2) is 20.5 Å². The maximum absolute atomic E-state index is 13.5. The fraction of sp³-hybridized carbons (Fsp3) is 0.192. The highest BCUT2D eigenvalue weighted by atomic mass is 32.2. The number of carbonyl (C=O) groups is 1. The van der Waals surface area contributed by atoms with Crippen molar-refractivity contribution < 1.29 is 4.79 Å². The van der Waals surface area contributed by atoms with Gasteiger partial charge in [0.25, 0.3) is 0 Å². The lowest BCUT2D eigenvalue weighted by Gasteiger charge is -2.17. The summed E-state index contributed by atoms with van der Waals surface area (Å²) in [6.07, 6.45) is 2.31. The molecule has 3 aromatic carbocycles. The minimum Gasteiger partial charge on any atom is -0.301 e. The predicted molar refractivity (Wildman–Crippen MR) is 123 cm³/mol. The third kappa shape index (κ3) is 4.47. The van der Waals surface area contributed by atoms with Gasteiger partial charge in [-0.1, -0.05) is 103 Å². The molecule has 1 saturated carbocycles. The van der Waals surface area contributed by atoms with Crippen LogP contribution in [0.2, 0.25) is 0 Å². The molecule has 5 heteroatoms. The van der Waals surface area contributed by atoms with Crippen molar-refractivity contribution in [3.8, 4) is 0 Å². The summed E-state index contributed by atoms with van der Waals surface area (Å²) in [5, 5.41) is 9.49. The van der Waals surface area contributed by atoms with E-state index in [1.165, 1.54) is 17.3 Å². The van der Waals surface area contributed by atoms with Gasteiger partial charge in [0.15, 0.2) is 10.9 Å². The van der Waals surface area contributed by atoms with E-state index >= 15 is 0 Å². The zero-order chi connectivity index (χ0) is 21.0. The number of nitrogens with zero attached hydrogens (tertiary/aromatic N) is 3. The second-order valence-electron chi connectivity index (χ2n) is 7.83. The van der Waals surface area contributed by atoms with Gasteiger partial charge < -0.3 is 4.57 Å². The molecule has 0 saturated heterocycles. The molecule has 1 aliphatic carbocycles. The maximum Gasteiger partial charge on any atom is 0.192 e. The number of ketones is 1. The lowest BCUT2D eigenvalue weighted by Crippen LogP contribution is -2.12. The van der Waals surface area contributed by atoms with Crippen molar-refractivity contribution in [2.75, 3.05) is 0 Å². The van der Waals surface area contributed by atoms with Crippen molar-refractivity contribution in [2.24, 2.45) is 0 Å². The van der Waals surface area contributed by atoms with Gasteiger partial charge in [0.1, 0.15) is 11.1 Å². The molecular formula is C26H23N3OS. The topological polar surface area (TPSA) is 47.8 Å². The number of benzene rings is 3. The minimum atomic E-state index is -0.380. The van der Waals surface area contributed by atoms with Crippen molar-refractivity contribution in [1.82, 2.24) is 14.8 Å². The fourth-order valence-corrected chi connectivity index (χ4v) is 4.83. The van der Waals surface area contributed by atoms with E-state index in [1.54, 1.807) is 0 Å². The Morgan fingerprint density at radius 2 is 1.48 bits per heavy atom. The van der Waals surface area contributed by atoms with Gasteiger partial charge in [-0.3, -0.25) is 4.79 Å². The summed E-state index contributed by atoms with van der Waals surface area (Å²) in [6, 6.07) is 29.8. The first-order chi connectivity index (χ1) is 15.3. The van der Waals surface area contributed by atoms with Crippen molar-refractivity contribution in [2.45, 2.75) is 35.7 Å². The van der Waals surface area contributed by atoms with E-state index in [4.69, 9.17) is 0 Å². The van der Waals surface area contributed by atoms with Gasteiger partial charge in [0.05, 0.1) is 6.54 Å². The smallest absolute Gasteiger partial charge is 0.192 e. The standard InChI is InChI=1S/C26H23N3OS/c30-23(20-12-6-2-7-13-20)24(21-14-8-3-9-15-21)31-26-28-27-25(22-16-17-22)29(26)18-19-10-4-1-5-11-19/h1-15,22,24H,16-18H2. The third-order valence-corrected chi connectivity index (χ3v) is 6.73. The Labute approximate surface area is 186 Å². The number of hydrogen-bond donors (Lipinski definition) is 0. The van der Waals surface area contributed by atoms with Crippen LogP contribution in [0.25, 0.3) is 0 Å². The van der Waals surface area contributed by atoms with Crippen LogP contribution in [0.5, 0.6) is 0 Å². The number of aromatic nitrogens is 3. The molecule has 0 N–H and O–H groups in total. The lowest BCUT2D eigenvalue weighted by molar-refractivity contribution is 0.0989. The summed E-state index contributed by atoms with van der Waals surface area (Å²) < 4.78 is 2.20. The van der Waals surface area contributed by atoms with E-state index in [0.717, 1.165) is 29.4 Å². The highest BCUT2D eigenvalue weighted by Crippen LogP contribution is 2.43. The van der Waals surface area contributed by atoms with E-state index in [0.29, 0.717) is 18.0 Å². The molecule has 1 aromatic heterocycles. The molecule has 1 aliphatic rings. The summed E-state index contributed by atoms with van der Waals surface area (Å²) in [5.41, 5.74) is 2.89. The first-order valence-corrected chi connectivity index (χ1v) is 11.5. The number of rotatable bonds is 8. The Morgan fingerprint density at radius 1 is 0.871 bits per heavy atom. The van der Waals surface area contributed by atoms with Gasteiger partial charge in [0, 0.05) is 11.5 Å². The van der Waals surface area contributed by atoms with E-state index in [2.05, 4.69) is 39.0 Å². The summed E-state index contributed by atoms with van der Waals surface area (Å²) in [5.74, 6) is 1.59. The first-order valence-electron chi connectivity index (χ1n) is 10.6. The summed E-state index contributed by atoms with van der Waals surface area (Å²) in [4.78, 5) is 13.5. The molecule has 1 heterocycles.